The largest absolute Gasteiger partial charge is 0.452 e. The maximum absolute atomic E-state index is 11.7. The number of esters is 1. The Kier molecular flexibility index (Phi) is 3.22. The molecule has 16 heavy (non-hydrogen) atoms. The molecule has 1 saturated carbocycles. The maximum Gasteiger partial charge on any atom is 0.306 e. The summed E-state index contributed by atoms with van der Waals surface area (Å²) in [6.07, 6.45) is 2.64. The first kappa shape index (κ1) is 11.1. The van der Waals surface area contributed by atoms with Crippen LogP contribution >= 0.6 is 0 Å². The van der Waals surface area contributed by atoms with Crippen LogP contribution in [-0.2, 0) is 19.1 Å². The van der Waals surface area contributed by atoms with E-state index in [0.29, 0.717) is 38.5 Å². The van der Waals surface area contributed by atoms with Gasteiger partial charge in [0.2, 0.25) is 0 Å². The lowest BCUT2D eigenvalue weighted by molar-refractivity contribution is -0.148. The molecule has 1 aliphatic heterocycles. The molecule has 2 fully saturated rings. The molecule has 5 nitrogen and oxygen atoms in total. The molecular weight excluding hydrogens is 210 g/mol. The minimum absolute atomic E-state index is 0.0597. The third-order valence-electron chi connectivity index (χ3n) is 3.07. The maximum atomic E-state index is 11.7. The van der Waals surface area contributed by atoms with E-state index in [1.165, 1.54) is 0 Å². The summed E-state index contributed by atoms with van der Waals surface area (Å²) in [6.45, 7) is 0. The van der Waals surface area contributed by atoms with Gasteiger partial charge in [0, 0.05) is 31.7 Å². The molecule has 2 aliphatic rings. The van der Waals surface area contributed by atoms with E-state index in [1.807, 2.05) is 0 Å². The van der Waals surface area contributed by atoms with E-state index < -0.39 is 6.10 Å². The van der Waals surface area contributed by atoms with E-state index in [1.54, 1.807) is 0 Å². The van der Waals surface area contributed by atoms with Crippen LogP contribution in [0.2, 0.25) is 0 Å². The normalized spacial score (nSPS) is 26.6. The van der Waals surface area contributed by atoms with Crippen molar-refractivity contribution < 1.29 is 19.1 Å². The van der Waals surface area contributed by atoms with Crippen molar-refractivity contribution in [1.82, 2.24) is 5.32 Å². The lowest BCUT2D eigenvalue weighted by Crippen LogP contribution is -2.43. The van der Waals surface area contributed by atoms with Gasteiger partial charge in [0.15, 0.2) is 6.10 Å². The van der Waals surface area contributed by atoms with Crippen molar-refractivity contribution in [2.24, 2.45) is 0 Å². The van der Waals surface area contributed by atoms with Crippen LogP contribution in [0.5, 0.6) is 0 Å². The van der Waals surface area contributed by atoms with E-state index >= 15 is 0 Å². The molecule has 1 atom stereocenters. The van der Waals surface area contributed by atoms with Crippen LogP contribution in [0.3, 0.4) is 0 Å². The second-order valence-corrected chi connectivity index (χ2v) is 4.34. The Labute approximate surface area is 93.5 Å². The number of nitrogens with one attached hydrogen (secondary N) is 1. The molecule has 1 aliphatic carbocycles. The average molecular weight is 225 g/mol. The summed E-state index contributed by atoms with van der Waals surface area (Å²) in [5.41, 5.74) is 0. The van der Waals surface area contributed by atoms with Crippen LogP contribution < -0.4 is 5.32 Å². The van der Waals surface area contributed by atoms with E-state index in [0.717, 1.165) is 0 Å². The Balaban J connectivity index is 1.79. The van der Waals surface area contributed by atoms with Gasteiger partial charge in [0.25, 0.3) is 5.91 Å². The van der Waals surface area contributed by atoms with E-state index in [-0.39, 0.29) is 23.7 Å². The predicted molar refractivity (Wildman–Crippen MR) is 54.5 cm³/mol. The highest BCUT2D eigenvalue weighted by molar-refractivity contribution is 5.87. The molecule has 88 valence electrons. The fourth-order valence-electron chi connectivity index (χ4n) is 2.09. The summed E-state index contributed by atoms with van der Waals surface area (Å²) in [6, 6.07) is 0.0597. The average Bonchev–Trinajstić information content (AvgIpc) is 2.68. The highest BCUT2D eigenvalue weighted by atomic mass is 16.6. The Hall–Kier alpha value is -1.39. The molecule has 0 radical (unpaired) electrons. The molecular formula is C11H15NO4. The van der Waals surface area contributed by atoms with Crippen molar-refractivity contribution in [2.75, 3.05) is 0 Å². The summed E-state index contributed by atoms with van der Waals surface area (Å²) < 4.78 is 4.87. The lowest BCUT2D eigenvalue weighted by Gasteiger charge is -2.23. The first-order valence-corrected chi connectivity index (χ1v) is 5.66. The monoisotopic (exact) mass is 225 g/mol. The van der Waals surface area contributed by atoms with Crippen molar-refractivity contribution in [3.8, 4) is 0 Å². The molecule has 2 rings (SSSR count). The zero-order valence-corrected chi connectivity index (χ0v) is 9.03. The molecule has 1 N–H and O–H groups in total. The number of ether oxygens (including phenoxy) is 1. The van der Waals surface area contributed by atoms with Gasteiger partial charge in [0.05, 0.1) is 0 Å². The zero-order chi connectivity index (χ0) is 11.5. The fourth-order valence-corrected chi connectivity index (χ4v) is 2.09. The van der Waals surface area contributed by atoms with Gasteiger partial charge in [-0.15, -0.1) is 0 Å². The van der Waals surface area contributed by atoms with Crippen LogP contribution in [0.1, 0.15) is 38.5 Å². The van der Waals surface area contributed by atoms with Crippen LogP contribution in [0.15, 0.2) is 0 Å². The molecule has 1 heterocycles. The summed E-state index contributed by atoms with van der Waals surface area (Å²) in [5.74, 6) is -0.262. The highest BCUT2D eigenvalue weighted by Gasteiger charge is 2.31. The van der Waals surface area contributed by atoms with Gasteiger partial charge in [-0.2, -0.15) is 0 Å². The third-order valence-corrected chi connectivity index (χ3v) is 3.07. The minimum atomic E-state index is -0.620. The Morgan fingerprint density at radius 2 is 1.81 bits per heavy atom. The van der Waals surface area contributed by atoms with Crippen LogP contribution in [0.25, 0.3) is 0 Å². The zero-order valence-electron chi connectivity index (χ0n) is 9.03. The number of amides is 1. The topological polar surface area (TPSA) is 72.5 Å². The Morgan fingerprint density at radius 3 is 2.38 bits per heavy atom. The number of hydrogen-bond donors (Lipinski definition) is 1. The van der Waals surface area contributed by atoms with E-state index in [4.69, 9.17) is 4.74 Å². The van der Waals surface area contributed by atoms with Crippen LogP contribution in [0, 0.1) is 0 Å². The number of carbonyl (C=O) groups excluding carboxylic acids is 3. The second kappa shape index (κ2) is 4.63. The van der Waals surface area contributed by atoms with Crippen LogP contribution in [-0.4, -0.2) is 29.8 Å². The SMILES string of the molecule is O=C1CCC(NC(=O)[C@H]2CCC(=O)O2)CC1. The number of hydrogen-bond acceptors (Lipinski definition) is 4. The lowest BCUT2D eigenvalue weighted by atomic mass is 9.94. The second-order valence-electron chi connectivity index (χ2n) is 4.34. The number of cyclic esters (lactones) is 1. The van der Waals surface area contributed by atoms with Crippen LogP contribution in [0.4, 0.5) is 0 Å². The van der Waals surface area contributed by atoms with Crippen molar-refractivity contribution >= 4 is 17.7 Å². The summed E-state index contributed by atoms with van der Waals surface area (Å²) >= 11 is 0. The van der Waals surface area contributed by atoms with Crippen molar-refractivity contribution in [3.63, 3.8) is 0 Å². The molecule has 0 bridgehead atoms. The predicted octanol–water partition coefficient (Wildman–Crippen LogP) is 0.320. The van der Waals surface area contributed by atoms with Gasteiger partial charge in [-0.25, -0.2) is 0 Å². The van der Waals surface area contributed by atoms with Gasteiger partial charge in [-0.1, -0.05) is 0 Å². The van der Waals surface area contributed by atoms with Crippen molar-refractivity contribution in [1.29, 1.82) is 0 Å². The molecule has 5 heteroatoms. The number of carbonyl (C=O) groups is 3. The van der Waals surface area contributed by atoms with Gasteiger partial charge in [-0.3, -0.25) is 14.4 Å². The Morgan fingerprint density at radius 1 is 1.12 bits per heavy atom. The van der Waals surface area contributed by atoms with Crippen molar-refractivity contribution in [2.45, 2.75) is 50.7 Å². The van der Waals surface area contributed by atoms with Gasteiger partial charge < -0.3 is 10.1 Å². The smallest absolute Gasteiger partial charge is 0.306 e. The van der Waals surface area contributed by atoms with Crippen molar-refractivity contribution in [3.05, 3.63) is 0 Å². The molecule has 1 saturated heterocycles. The minimum Gasteiger partial charge on any atom is -0.452 e. The van der Waals surface area contributed by atoms with E-state index in [9.17, 15) is 14.4 Å². The molecule has 0 spiro atoms. The molecule has 0 unspecified atom stereocenters. The Bertz CT molecular complexity index is 316. The summed E-state index contributed by atoms with van der Waals surface area (Å²) in [7, 11) is 0. The fraction of sp³-hybridized carbons (Fsp3) is 0.727. The molecule has 0 aromatic carbocycles. The van der Waals surface area contributed by atoms with Gasteiger partial charge in [0.1, 0.15) is 5.78 Å². The third kappa shape index (κ3) is 2.59. The van der Waals surface area contributed by atoms with E-state index in [2.05, 4.69) is 5.32 Å². The molecule has 1 amide bonds. The molecule has 0 aromatic rings. The molecule has 0 aromatic heterocycles. The first-order chi connectivity index (χ1) is 7.65. The number of rotatable bonds is 2. The summed E-state index contributed by atoms with van der Waals surface area (Å²) in [4.78, 5) is 33.5. The number of Topliss-reactive ketones (excluding diaryl/α,β-unsaturated/α-hetero) is 1. The van der Waals surface area contributed by atoms with Gasteiger partial charge in [-0.05, 0) is 12.8 Å². The quantitative estimate of drug-likeness (QED) is 0.687. The standard InChI is InChI=1S/C11H15NO4/c13-8-3-1-7(2-4-8)12-11(15)9-5-6-10(14)16-9/h7,9H,1-6H2,(H,12,15)/t9-/m1/s1. The number of ketones is 1. The van der Waals surface area contributed by atoms with Gasteiger partial charge >= 0.3 is 5.97 Å². The highest BCUT2D eigenvalue weighted by Crippen LogP contribution is 2.17. The first-order valence-electron chi connectivity index (χ1n) is 5.66. The summed E-state index contributed by atoms with van der Waals surface area (Å²) in [5, 5.41) is 2.83.